The third-order valence-corrected chi connectivity index (χ3v) is 3.76. The molecule has 0 radical (unpaired) electrons. The normalized spacial score (nSPS) is 15.5. The average molecular weight is 306 g/mol. The summed E-state index contributed by atoms with van der Waals surface area (Å²) >= 11 is 0. The van der Waals surface area contributed by atoms with Gasteiger partial charge in [-0.05, 0) is 43.2 Å². The first-order chi connectivity index (χ1) is 11.1. The lowest BCUT2D eigenvalue weighted by atomic mass is 10.0. The number of amides is 1. The summed E-state index contributed by atoms with van der Waals surface area (Å²) in [7, 11) is 1.61. The highest BCUT2D eigenvalue weighted by Crippen LogP contribution is 2.20. The van der Waals surface area contributed by atoms with Crippen molar-refractivity contribution >= 4 is 17.8 Å². The van der Waals surface area contributed by atoms with Crippen LogP contribution in [0.2, 0.25) is 0 Å². The van der Waals surface area contributed by atoms with Gasteiger partial charge in [0.05, 0.1) is 7.11 Å². The molecule has 2 aromatic rings. The Balaban J connectivity index is 1.96. The average Bonchev–Trinajstić information content (AvgIpc) is 2.91. The van der Waals surface area contributed by atoms with Crippen molar-refractivity contribution in [2.45, 2.75) is 13.8 Å². The van der Waals surface area contributed by atoms with Crippen LogP contribution in [0.4, 0.5) is 0 Å². The number of ether oxygens (including phenoxy) is 1. The smallest absolute Gasteiger partial charge is 0.275 e. The van der Waals surface area contributed by atoms with Gasteiger partial charge in [-0.3, -0.25) is 4.79 Å². The van der Waals surface area contributed by atoms with E-state index in [4.69, 9.17) is 4.74 Å². The maximum Gasteiger partial charge on any atom is 0.275 e. The van der Waals surface area contributed by atoms with E-state index in [0.717, 1.165) is 22.4 Å². The Morgan fingerprint density at radius 1 is 1.13 bits per heavy atom. The fourth-order valence-corrected chi connectivity index (χ4v) is 2.51. The van der Waals surface area contributed by atoms with E-state index in [2.05, 4.69) is 16.4 Å². The molecule has 116 valence electrons. The number of amidine groups is 1. The quantitative estimate of drug-likeness (QED) is 0.885. The Hall–Kier alpha value is -2.88. The molecule has 1 heterocycles. The van der Waals surface area contributed by atoms with E-state index in [1.807, 2.05) is 56.3 Å². The standard InChI is InChI=1S/C19H18N2O2/c1-12-7-8-14(13(2)9-12)11-17-19(22)21-18(20-17)15-5-4-6-16(10-15)23-3/h4-11H,1-3H3,(H,20,21,22)/b17-11-. The predicted octanol–water partition coefficient (Wildman–Crippen LogP) is 3.23. The molecule has 0 aromatic heterocycles. The highest BCUT2D eigenvalue weighted by atomic mass is 16.5. The van der Waals surface area contributed by atoms with Gasteiger partial charge >= 0.3 is 0 Å². The van der Waals surface area contributed by atoms with Crippen LogP contribution in [-0.2, 0) is 4.79 Å². The van der Waals surface area contributed by atoms with E-state index in [-0.39, 0.29) is 5.91 Å². The van der Waals surface area contributed by atoms with Crippen molar-refractivity contribution in [1.82, 2.24) is 5.32 Å². The van der Waals surface area contributed by atoms with Gasteiger partial charge in [0.15, 0.2) is 0 Å². The number of rotatable bonds is 3. The molecule has 1 amide bonds. The summed E-state index contributed by atoms with van der Waals surface area (Å²) in [5, 5.41) is 2.81. The SMILES string of the molecule is COc1cccc(C2=N/C(=C\c3ccc(C)cc3C)C(=O)N2)c1. The minimum absolute atomic E-state index is 0.192. The fourth-order valence-electron chi connectivity index (χ4n) is 2.51. The molecule has 0 spiro atoms. The molecule has 4 heteroatoms. The highest BCUT2D eigenvalue weighted by molar-refractivity contribution is 6.19. The number of aryl methyl sites for hydroxylation is 2. The van der Waals surface area contributed by atoms with Crippen LogP contribution in [0.5, 0.6) is 5.75 Å². The van der Waals surface area contributed by atoms with Crippen molar-refractivity contribution in [2.24, 2.45) is 4.99 Å². The Kier molecular flexibility index (Phi) is 3.98. The summed E-state index contributed by atoms with van der Waals surface area (Å²) in [5.41, 5.74) is 4.55. The largest absolute Gasteiger partial charge is 0.497 e. The molecule has 1 aliphatic heterocycles. The lowest BCUT2D eigenvalue weighted by Gasteiger charge is -2.03. The number of carbonyl (C=O) groups excluding carboxylic acids is 1. The van der Waals surface area contributed by atoms with Crippen molar-refractivity contribution in [2.75, 3.05) is 7.11 Å². The summed E-state index contributed by atoms with van der Waals surface area (Å²) in [6, 6.07) is 13.6. The van der Waals surface area contributed by atoms with Crippen LogP contribution in [0.3, 0.4) is 0 Å². The van der Waals surface area contributed by atoms with Gasteiger partial charge in [0.25, 0.3) is 5.91 Å². The maximum atomic E-state index is 12.2. The number of hydrogen-bond acceptors (Lipinski definition) is 3. The third kappa shape index (κ3) is 3.16. The zero-order valence-electron chi connectivity index (χ0n) is 13.4. The highest BCUT2D eigenvalue weighted by Gasteiger charge is 2.21. The van der Waals surface area contributed by atoms with Crippen LogP contribution in [0.15, 0.2) is 53.2 Å². The van der Waals surface area contributed by atoms with E-state index in [9.17, 15) is 4.79 Å². The van der Waals surface area contributed by atoms with Crippen LogP contribution in [0.1, 0.15) is 22.3 Å². The van der Waals surface area contributed by atoms with Crippen LogP contribution < -0.4 is 10.1 Å². The van der Waals surface area contributed by atoms with Gasteiger partial charge in [0.2, 0.25) is 0 Å². The Morgan fingerprint density at radius 2 is 1.96 bits per heavy atom. The van der Waals surface area contributed by atoms with E-state index < -0.39 is 0 Å². The van der Waals surface area contributed by atoms with Crippen molar-refractivity contribution in [3.8, 4) is 5.75 Å². The molecule has 0 saturated heterocycles. The number of hydrogen-bond donors (Lipinski definition) is 1. The topological polar surface area (TPSA) is 50.7 Å². The molecule has 0 atom stereocenters. The first-order valence-corrected chi connectivity index (χ1v) is 7.40. The molecule has 0 aliphatic carbocycles. The molecular weight excluding hydrogens is 288 g/mol. The number of methoxy groups -OCH3 is 1. The van der Waals surface area contributed by atoms with Gasteiger partial charge in [0, 0.05) is 5.56 Å². The number of benzene rings is 2. The van der Waals surface area contributed by atoms with Crippen molar-refractivity contribution in [1.29, 1.82) is 0 Å². The summed E-state index contributed by atoms with van der Waals surface area (Å²) < 4.78 is 5.21. The molecule has 1 N–H and O–H groups in total. The summed E-state index contributed by atoms with van der Waals surface area (Å²) in [6.07, 6.45) is 1.82. The van der Waals surface area contributed by atoms with E-state index in [1.165, 1.54) is 5.56 Å². The second-order valence-electron chi connectivity index (χ2n) is 5.54. The molecule has 0 fully saturated rings. The van der Waals surface area contributed by atoms with Gasteiger partial charge in [-0.25, -0.2) is 4.99 Å². The molecule has 3 rings (SSSR count). The molecule has 0 bridgehead atoms. The predicted molar refractivity (Wildman–Crippen MR) is 91.6 cm³/mol. The van der Waals surface area contributed by atoms with Gasteiger partial charge in [-0.15, -0.1) is 0 Å². The molecule has 2 aromatic carbocycles. The van der Waals surface area contributed by atoms with Crippen molar-refractivity contribution in [3.63, 3.8) is 0 Å². The number of nitrogens with one attached hydrogen (secondary N) is 1. The Bertz CT molecular complexity index is 835. The summed E-state index contributed by atoms with van der Waals surface area (Å²) in [4.78, 5) is 16.6. The second kappa shape index (κ2) is 6.08. The van der Waals surface area contributed by atoms with Gasteiger partial charge < -0.3 is 10.1 Å². The molecule has 0 unspecified atom stereocenters. The van der Waals surface area contributed by atoms with Gasteiger partial charge in [-0.2, -0.15) is 0 Å². The zero-order chi connectivity index (χ0) is 16.4. The second-order valence-corrected chi connectivity index (χ2v) is 5.54. The van der Waals surface area contributed by atoms with Gasteiger partial charge in [0.1, 0.15) is 17.3 Å². The molecular formula is C19H18N2O2. The van der Waals surface area contributed by atoms with Crippen molar-refractivity contribution in [3.05, 3.63) is 70.4 Å². The van der Waals surface area contributed by atoms with E-state index >= 15 is 0 Å². The number of nitrogens with zero attached hydrogens (tertiary/aromatic N) is 1. The first kappa shape index (κ1) is 15.0. The number of carbonyl (C=O) groups is 1. The first-order valence-electron chi connectivity index (χ1n) is 7.40. The Morgan fingerprint density at radius 3 is 2.70 bits per heavy atom. The summed E-state index contributed by atoms with van der Waals surface area (Å²) in [6.45, 7) is 4.07. The summed E-state index contributed by atoms with van der Waals surface area (Å²) in [5.74, 6) is 1.08. The van der Waals surface area contributed by atoms with E-state index in [1.54, 1.807) is 7.11 Å². The number of aliphatic imine (C=N–C) groups is 1. The molecule has 23 heavy (non-hydrogen) atoms. The molecule has 4 nitrogen and oxygen atoms in total. The lowest BCUT2D eigenvalue weighted by Crippen LogP contribution is -2.24. The van der Waals surface area contributed by atoms with Crippen molar-refractivity contribution < 1.29 is 9.53 Å². The molecule has 1 aliphatic rings. The molecule has 0 saturated carbocycles. The van der Waals surface area contributed by atoms with E-state index in [0.29, 0.717) is 11.5 Å². The monoisotopic (exact) mass is 306 g/mol. The van der Waals surface area contributed by atoms with Crippen LogP contribution in [-0.4, -0.2) is 18.9 Å². The maximum absolute atomic E-state index is 12.2. The Labute approximate surface area is 135 Å². The minimum Gasteiger partial charge on any atom is -0.497 e. The third-order valence-electron chi connectivity index (χ3n) is 3.76. The van der Waals surface area contributed by atoms with Crippen LogP contribution in [0.25, 0.3) is 6.08 Å². The van der Waals surface area contributed by atoms with Gasteiger partial charge in [-0.1, -0.05) is 35.9 Å². The van der Waals surface area contributed by atoms with Crippen LogP contribution in [0, 0.1) is 13.8 Å². The fraction of sp³-hybridized carbons (Fsp3) is 0.158. The minimum atomic E-state index is -0.192. The lowest BCUT2D eigenvalue weighted by molar-refractivity contribution is -0.115. The van der Waals surface area contributed by atoms with Crippen LogP contribution >= 0.6 is 0 Å². The zero-order valence-corrected chi connectivity index (χ0v) is 13.4.